The Labute approximate surface area is 189 Å². The lowest BCUT2D eigenvalue weighted by atomic mass is 10.0. The third kappa shape index (κ3) is 4.31. The van der Waals surface area contributed by atoms with Crippen LogP contribution in [0.4, 0.5) is 5.69 Å². The summed E-state index contributed by atoms with van der Waals surface area (Å²) in [5, 5.41) is 19.9. The van der Waals surface area contributed by atoms with Gasteiger partial charge in [0.1, 0.15) is 12.2 Å². The van der Waals surface area contributed by atoms with Crippen LogP contribution >= 0.6 is 0 Å². The fourth-order valence-corrected chi connectivity index (χ4v) is 3.78. The Kier molecular flexibility index (Phi) is 5.91. The van der Waals surface area contributed by atoms with Crippen molar-refractivity contribution in [2.24, 2.45) is 7.05 Å². The van der Waals surface area contributed by atoms with Crippen LogP contribution in [0.1, 0.15) is 11.1 Å². The maximum absolute atomic E-state index is 12.9. The zero-order valence-corrected chi connectivity index (χ0v) is 17.8. The second kappa shape index (κ2) is 8.96. The standard InChI is InChI=1S/C25H21N3O5/c1-27-24-19(23(32)22(25(27)33)28(15-29)14-21(30)31)10-11-20(26-24)18-9-5-8-17(13-18)12-16-6-3-2-4-7-16/h2-11,13,15,32H,12,14H2,1H3,(H,30,31). The summed E-state index contributed by atoms with van der Waals surface area (Å²) in [6.45, 7) is -0.752. The Morgan fingerprint density at radius 3 is 2.48 bits per heavy atom. The van der Waals surface area contributed by atoms with Gasteiger partial charge < -0.3 is 10.2 Å². The summed E-state index contributed by atoms with van der Waals surface area (Å²) in [6, 6.07) is 21.3. The molecule has 33 heavy (non-hydrogen) atoms. The topological polar surface area (TPSA) is 113 Å². The summed E-state index contributed by atoms with van der Waals surface area (Å²) in [4.78, 5) is 40.5. The maximum atomic E-state index is 12.9. The van der Waals surface area contributed by atoms with Gasteiger partial charge in [0.25, 0.3) is 5.56 Å². The summed E-state index contributed by atoms with van der Waals surface area (Å²) in [6.07, 6.45) is 0.965. The molecular weight excluding hydrogens is 422 g/mol. The number of anilines is 1. The molecule has 4 aromatic rings. The highest BCUT2D eigenvalue weighted by molar-refractivity contribution is 5.95. The van der Waals surface area contributed by atoms with E-state index in [1.54, 1.807) is 12.1 Å². The number of aryl methyl sites for hydroxylation is 1. The van der Waals surface area contributed by atoms with Gasteiger partial charge in [0, 0.05) is 12.6 Å². The SMILES string of the molecule is Cn1c(=O)c(N(C=O)CC(=O)O)c(O)c2ccc(-c3cccc(Cc4ccccc4)c3)nc21. The molecule has 2 aromatic heterocycles. The smallest absolute Gasteiger partial charge is 0.323 e. The van der Waals surface area contributed by atoms with Gasteiger partial charge in [-0.1, -0.05) is 48.5 Å². The minimum atomic E-state index is -1.31. The first kappa shape index (κ1) is 21.8. The number of hydrogen-bond acceptors (Lipinski definition) is 5. The Bertz CT molecular complexity index is 1410. The van der Waals surface area contributed by atoms with Gasteiger partial charge in [-0.25, -0.2) is 4.98 Å². The van der Waals surface area contributed by atoms with Crippen LogP contribution in [-0.2, 0) is 23.1 Å². The molecule has 0 saturated heterocycles. The minimum absolute atomic E-state index is 0.205. The number of aromatic hydroxyl groups is 1. The van der Waals surface area contributed by atoms with Crippen LogP contribution in [0.15, 0.2) is 71.5 Å². The lowest BCUT2D eigenvalue weighted by Gasteiger charge is -2.18. The molecule has 2 N–H and O–H groups in total. The summed E-state index contributed by atoms with van der Waals surface area (Å²) in [7, 11) is 1.46. The quantitative estimate of drug-likeness (QED) is 0.425. The molecule has 2 heterocycles. The van der Waals surface area contributed by atoms with Crippen molar-refractivity contribution in [2.45, 2.75) is 6.42 Å². The van der Waals surface area contributed by atoms with E-state index < -0.39 is 29.5 Å². The molecule has 0 aliphatic rings. The normalized spacial score (nSPS) is 10.8. The highest BCUT2D eigenvalue weighted by atomic mass is 16.4. The molecule has 1 amide bonds. The highest BCUT2D eigenvalue weighted by Gasteiger charge is 2.23. The van der Waals surface area contributed by atoms with Crippen molar-refractivity contribution in [1.29, 1.82) is 0 Å². The van der Waals surface area contributed by atoms with Crippen LogP contribution in [0.25, 0.3) is 22.3 Å². The predicted octanol–water partition coefficient (Wildman–Crippen LogP) is 2.94. The van der Waals surface area contributed by atoms with Crippen molar-refractivity contribution >= 4 is 29.1 Å². The molecule has 0 saturated carbocycles. The van der Waals surface area contributed by atoms with Crippen LogP contribution in [0.5, 0.6) is 5.75 Å². The second-order valence-corrected chi connectivity index (χ2v) is 7.62. The van der Waals surface area contributed by atoms with Crippen LogP contribution in [-0.4, -0.2) is 38.7 Å². The molecule has 8 nitrogen and oxygen atoms in total. The third-order valence-corrected chi connectivity index (χ3v) is 5.37. The van der Waals surface area contributed by atoms with Gasteiger partial charge in [-0.2, -0.15) is 0 Å². The number of pyridine rings is 2. The number of benzene rings is 2. The van der Waals surface area contributed by atoms with Crippen molar-refractivity contribution in [3.8, 4) is 17.0 Å². The fraction of sp³-hybridized carbons (Fsp3) is 0.120. The number of carboxylic acid groups (broad SMARTS) is 1. The van der Waals surface area contributed by atoms with Gasteiger partial charge in [0.15, 0.2) is 11.4 Å². The zero-order valence-electron chi connectivity index (χ0n) is 17.8. The largest absolute Gasteiger partial charge is 0.505 e. The van der Waals surface area contributed by atoms with Crippen LogP contribution in [0.3, 0.4) is 0 Å². The van der Waals surface area contributed by atoms with Crippen LogP contribution in [0, 0.1) is 0 Å². The number of aliphatic carboxylic acids is 1. The highest BCUT2D eigenvalue weighted by Crippen LogP contribution is 2.32. The van der Waals surface area contributed by atoms with E-state index in [0.717, 1.165) is 17.5 Å². The Balaban J connectivity index is 1.78. The van der Waals surface area contributed by atoms with Crippen molar-refractivity contribution < 1.29 is 19.8 Å². The first-order valence-electron chi connectivity index (χ1n) is 10.2. The number of carbonyl (C=O) groups excluding carboxylic acids is 1. The zero-order chi connectivity index (χ0) is 23.5. The van der Waals surface area contributed by atoms with Gasteiger partial charge >= 0.3 is 5.97 Å². The molecule has 8 heteroatoms. The minimum Gasteiger partial charge on any atom is -0.505 e. The molecule has 0 spiro atoms. The Morgan fingerprint density at radius 2 is 1.79 bits per heavy atom. The molecule has 4 rings (SSSR count). The van der Waals surface area contributed by atoms with Crippen LogP contribution < -0.4 is 10.5 Å². The average molecular weight is 443 g/mol. The van der Waals surface area contributed by atoms with E-state index in [1.165, 1.54) is 17.2 Å². The summed E-state index contributed by atoms with van der Waals surface area (Å²) < 4.78 is 1.19. The van der Waals surface area contributed by atoms with Crippen molar-refractivity contribution in [2.75, 3.05) is 11.4 Å². The van der Waals surface area contributed by atoms with Crippen molar-refractivity contribution in [3.05, 3.63) is 88.2 Å². The third-order valence-electron chi connectivity index (χ3n) is 5.37. The van der Waals surface area contributed by atoms with Gasteiger partial charge in [-0.05, 0) is 35.7 Å². The first-order valence-corrected chi connectivity index (χ1v) is 10.2. The molecule has 0 aliphatic heterocycles. The van der Waals surface area contributed by atoms with E-state index in [4.69, 9.17) is 5.11 Å². The molecule has 0 unspecified atom stereocenters. The molecule has 0 aliphatic carbocycles. The molecule has 2 aromatic carbocycles. The predicted molar refractivity (Wildman–Crippen MR) is 124 cm³/mol. The van der Waals surface area contributed by atoms with Crippen molar-refractivity contribution in [1.82, 2.24) is 9.55 Å². The summed E-state index contributed by atoms with van der Waals surface area (Å²) in [5.74, 6) is -1.80. The Hall–Kier alpha value is -4.46. The second-order valence-electron chi connectivity index (χ2n) is 7.62. The average Bonchev–Trinajstić information content (AvgIpc) is 2.82. The van der Waals surface area contributed by atoms with E-state index in [9.17, 15) is 19.5 Å². The molecule has 0 atom stereocenters. The number of fused-ring (bicyclic) bond motifs is 1. The summed E-state index contributed by atoms with van der Waals surface area (Å²) in [5.41, 5.74) is 2.83. The van der Waals surface area contributed by atoms with Gasteiger partial charge in [0.2, 0.25) is 6.41 Å². The van der Waals surface area contributed by atoms with Crippen molar-refractivity contribution in [3.63, 3.8) is 0 Å². The van der Waals surface area contributed by atoms with Gasteiger partial charge in [0.05, 0.1) is 11.1 Å². The number of hydrogen-bond donors (Lipinski definition) is 2. The monoisotopic (exact) mass is 443 g/mol. The number of rotatable bonds is 7. The number of carbonyl (C=O) groups is 2. The molecule has 0 radical (unpaired) electrons. The van der Waals surface area contributed by atoms with E-state index in [-0.39, 0.29) is 17.4 Å². The van der Waals surface area contributed by atoms with Gasteiger partial charge in [-0.15, -0.1) is 0 Å². The Morgan fingerprint density at radius 1 is 1.06 bits per heavy atom. The molecule has 0 fully saturated rings. The fourth-order valence-electron chi connectivity index (χ4n) is 3.78. The number of amides is 1. The van der Waals surface area contributed by atoms with E-state index in [0.29, 0.717) is 10.6 Å². The molecular formula is C25H21N3O5. The number of nitrogens with zero attached hydrogens (tertiary/aromatic N) is 3. The molecule has 166 valence electrons. The maximum Gasteiger partial charge on any atom is 0.323 e. The van der Waals surface area contributed by atoms with E-state index in [2.05, 4.69) is 17.1 Å². The molecule has 0 bridgehead atoms. The first-order chi connectivity index (χ1) is 15.9. The van der Waals surface area contributed by atoms with E-state index >= 15 is 0 Å². The van der Waals surface area contributed by atoms with Crippen LogP contribution in [0.2, 0.25) is 0 Å². The lowest BCUT2D eigenvalue weighted by Crippen LogP contribution is -2.34. The number of aromatic nitrogens is 2. The van der Waals surface area contributed by atoms with E-state index in [1.807, 2.05) is 42.5 Å². The van der Waals surface area contributed by atoms with Gasteiger partial charge in [-0.3, -0.25) is 23.9 Å². The lowest BCUT2D eigenvalue weighted by molar-refractivity contribution is -0.136. The summed E-state index contributed by atoms with van der Waals surface area (Å²) >= 11 is 0. The number of carboxylic acids is 1.